The maximum absolute atomic E-state index is 9.24. The topological polar surface area (TPSA) is 32.3 Å². The molecule has 0 amide bonds. The SMILES string of the molecule is CCC(O)CNC1CC1(C)C. The highest BCUT2D eigenvalue weighted by atomic mass is 16.3. The van der Waals surface area contributed by atoms with Crippen LogP contribution in [0.2, 0.25) is 0 Å². The lowest BCUT2D eigenvalue weighted by molar-refractivity contribution is 0.165. The third-order valence-corrected chi connectivity index (χ3v) is 2.58. The van der Waals surface area contributed by atoms with Crippen molar-refractivity contribution in [2.24, 2.45) is 5.41 Å². The molecule has 0 saturated heterocycles. The first-order valence-corrected chi connectivity index (χ1v) is 4.47. The van der Waals surface area contributed by atoms with Crippen molar-refractivity contribution >= 4 is 0 Å². The molecule has 0 aromatic rings. The van der Waals surface area contributed by atoms with Crippen LogP contribution >= 0.6 is 0 Å². The monoisotopic (exact) mass is 157 g/mol. The predicted molar refractivity (Wildman–Crippen MR) is 46.5 cm³/mol. The van der Waals surface area contributed by atoms with Gasteiger partial charge in [0.1, 0.15) is 0 Å². The molecule has 1 aliphatic rings. The lowest BCUT2D eigenvalue weighted by Gasteiger charge is -2.10. The Kier molecular flexibility index (Phi) is 2.55. The zero-order valence-electron chi connectivity index (χ0n) is 7.72. The van der Waals surface area contributed by atoms with Crippen LogP contribution in [0.3, 0.4) is 0 Å². The molecule has 11 heavy (non-hydrogen) atoms. The summed E-state index contributed by atoms with van der Waals surface area (Å²) in [5.41, 5.74) is 0.480. The zero-order valence-corrected chi connectivity index (χ0v) is 7.72. The van der Waals surface area contributed by atoms with Gasteiger partial charge in [0.2, 0.25) is 0 Å². The Hall–Kier alpha value is -0.0800. The fraction of sp³-hybridized carbons (Fsp3) is 1.00. The van der Waals surface area contributed by atoms with E-state index in [9.17, 15) is 5.11 Å². The van der Waals surface area contributed by atoms with Crippen LogP contribution in [0, 0.1) is 5.41 Å². The summed E-state index contributed by atoms with van der Waals surface area (Å²) in [7, 11) is 0. The van der Waals surface area contributed by atoms with Crippen molar-refractivity contribution in [3.05, 3.63) is 0 Å². The third kappa shape index (κ3) is 2.46. The van der Waals surface area contributed by atoms with Gasteiger partial charge in [-0.2, -0.15) is 0 Å². The molecule has 0 aromatic carbocycles. The number of hydrogen-bond acceptors (Lipinski definition) is 2. The Balaban J connectivity index is 2.06. The van der Waals surface area contributed by atoms with Gasteiger partial charge in [-0.25, -0.2) is 0 Å². The van der Waals surface area contributed by atoms with Gasteiger partial charge in [0, 0.05) is 12.6 Å². The summed E-state index contributed by atoms with van der Waals surface area (Å²) >= 11 is 0. The normalized spacial score (nSPS) is 30.0. The second-order valence-corrected chi connectivity index (χ2v) is 4.22. The average Bonchev–Trinajstić information content (AvgIpc) is 2.54. The minimum Gasteiger partial charge on any atom is -0.392 e. The van der Waals surface area contributed by atoms with E-state index in [1.54, 1.807) is 0 Å². The minimum absolute atomic E-state index is 0.161. The summed E-state index contributed by atoms with van der Waals surface area (Å²) < 4.78 is 0. The van der Waals surface area contributed by atoms with E-state index in [0.29, 0.717) is 11.5 Å². The Morgan fingerprint density at radius 3 is 2.55 bits per heavy atom. The van der Waals surface area contributed by atoms with Gasteiger partial charge in [0.25, 0.3) is 0 Å². The van der Waals surface area contributed by atoms with Crippen molar-refractivity contribution in [2.45, 2.75) is 45.8 Å². The van der Waals surface area contributed by atoms with E-state index in [1.807, 2.05) is 6.92 Å². The Morgan fingerprint density at radius 2 is 2.18 bits per heavy atom. The standard InChI is InChI=1S/C9H19NO/c1-4-7(11)6-10-8-5-9(8,2)3/h7-8,10-11H,4-6H2,1-3H3. The maximum Gasteiger partial charge on any atom is 0.0662 e. The summed E-state index contributed by atoms with van der Waals surface area (Å²) in [5.74, 6) is 0. The number of nitrogens with one attached hydrogen (secondary N) is 1. The molecule has 0 bridgehead atoms. The Bertz CT molecular complexity index is 134. The highest BCUT2D eigenvalue weighted by Crippen LogP contribution is 2.44. The molecular formula is C9H19NO. The second-order valence-electron chi connectivity index (χ2n) is 4.22. The molecule has 2 N–H and O–H groups in total. The highest BCUT2D eigenvalue weighted by molar-refractivity contribution is 5.01. The molecule has 1 saturated carbocycles. The molecule has 0 aromatic heterocycles. The molecular weight excluding hydrogens is 138 g/mol. The van der Waals surface area contributed by atoms with Gasteiger partial charge in [0.05, 0.1) is 6.10 Å². The zero-order chi connectivity index (χ0) is 8.48. The lowest BCUT2D eigenvalue weighted by atomic mass is 10.2. The number of aliphatic hydroxyl groups excluding tert-OH is 1. The van der Waals surface area contributed by atoms with E-state index in [-0.39, 0.29) is 6.10 Å². The van der Waals surface area contributed by atoms with Crippen molar-refractivity contribution in [3.63, 3.8) is 0 Å². The van der Waals surface area contributed by atoms with Crippen molar-refractivity contribution in [1.82, 2.24) is 5.32 Å². The molecule has 0 radical (unpaired) electrons. The van der Waals surface area contributed by atoms with Crippen LogP contribution in [-0.4, -0.2) is 23.8 Å². The van der Waals surface area contributed by atoms with Gasteiger partial charge in [-0.3, -0.25) is 0 Å². The summed E-state index contributed by atoms with van der Waals surface area (Å²) in [6, 6.07) is 0.642. The summed E-state index contributed by atoms with van der Waals surface area (Å²) in [4.78, 5) is 0. The molecule has 2 nitrogen and oxygen atoms in total. The maximum atomic E-state index is 9.24. The molecule has 1 fully saturated rings. The van der Waals surface area contributed by atoms with Crippen molar-refractivity contribution < 1.29 is 5.11 Å². The van der Waals surface area contributed by atoms with Gasteiger partial charge in [-0.1, -0.05) is 20.8 Å². The van der Waals surface area contributed by atoms with Crippen molar-refractivity contribution in [1.29, 1.82) is 0 Å². The van der Waals surface area contributed by atoms with Crippen molar-refractivity contribution in [3.8, 4) is 0 Å². The fourth-order valence-electron chi connectivity index (χ4n) is 1.24. The summed E-state index contributed by atoms with van der Waals surface area (Å²) in [6.45, 7) is 7.26. The van der Waals surface area contributed by atoms with E-state index in [1.165, 1.54) is 6.42 Å². The van der Waals surface area contributed by atoms with Gasteiger partial charge in [-0.15, -0.1) is 0 Å². The smallest absolute Gasteiger partial charge is 0.0662 e. The third-order valence-electron chi connectivity index (χ3n) is 2.58. The number of hydrogen-bond donors (Lipinski definition) is 2. The van der Waals surface area contributed by atoms with Crippen LogP contribution in [-0.2, 0) is 0 Å². The quantitative estimate of drug-likeness (QED) is 0.641. The van der Waals surface area contributed by atoms with E-state index in [2.05, 4.69) is 19.2 Å². The van der Waals surface area contributed by atoms with Crippen LogP contribution in [0.15, 0.2) is 0 Å². The van der Waals surface area contributed by atoms with Crippen LogP contribution in [0.4, 0.5) is 0 Å². The van der Waals surface area contributed by atoms with Crippen molar-refractivity contribution in [2.75, 3.05) is 6.54 Å². The van der Waals surface area contributed by atoms with Gasteiger partial charge < -0.3 is 10.4 Å². The van der Waals surface area contributed by atoms with E-state index in [4.69, 9.17) is 0 Å². The van der Waals surface area contributed by atoms with E-state index in [0.717, 1.165) is 13.0 Å². The van der Waals surface area contributed by atoms with Crippen LogP contribution < -0.4 is 5.32 Å². The molecule has 1 aliphatic carbocycles. The first-order chi connectivity index (χ1) is 5.06. The Morgan fingerprint density at radius 1 is 1.64 bits per heavy atom. The predicted octanol–water partition coefficient (Wildman–Crippen LogP) is 1.15. The van der Waals surface area contributed by atoms with Crippen LogP contribution in [0.5, 0.6) is 0 Å². The average molecular weight is 157 g/mol. The molecule has 66 valence electrons. The lowest BCUT2D eigenvalue weighted by Crippen LogP contribution is -2.29. The summed E-state index contributed by atoms with van der Waals surface area (Å²) in [5, 5.41) is 12.6. The molecule has 2 atom stereocenters. The van der Waals surface area contributed by atoms with Gasteiger partial charge >= 0.3 is 0 Å². The number of rotatable bonds is 4. The first-order valence-electron chi connectivity index (χ1n) is 4.47. The first kappa shape index (κ1) is 9.01. The largest absolute Gasteiger partial charge is 0.392 e. The fourth-order valence-corrected chi connectivity index (χ4v) is 1.24. The molecule has 2 unspecified atom stereocenters. The minimum atomic E-state index is -0.161. The highest BCUT2D eigenvalue weighted by Gasteiger charge is 2.45. The molecule has 0 spiro atoms. The second kappa shape index (κ2) is 3.11. The number of aliphatic hydroxyl groups is 1. The van der Waals surface area contributed by atoms with E-state index < -0.39 is 0 Å². The summed E-state index contributed by atoms with van der Waals surface area (Å²) in [6.07, 6.45) is 1.94. The van der Waals surface area contributed by atoms with Crippen LogP contribution in [0.1, 0.15) is 33.6 Å². The van der Waals surface area contributed by atoms with Crippen LogP contribution in [0.25, 0.3) is 0 Å². The van der Waals surface area contributed by atoms with Gasteiger partial charge in [-0.05, 0) is 18.3 Å². The van der Waals surface area contributed by atoms with E-state index >= 15 is 0 Å². The van der Waals surface area contributed by atoms with Gasteiger partial charge in [0.15, 0.2) is 0 Å². The Labute approximate surface area is 69.0 Å². The molecule has 1 rings (SSSR count). The molecule has 2 heteroatoms. The molecule has 0 heterocycles. The molecule has 0 aliphatic heterocycles.